The average molecular weight is 353 g/mol. The van der Waals surface area contributed by atoms with Crippen LogP contribution in [0.5, 0.6) is 0 Å². The molecule has 22 heavy (non-hydrogen) atoms. The molecule has 6 nitrogen and oxygen atoms in total. The Labute approximate surface area is 144 Å². The van der Waals surface area contributed by atoms with Crippen LogP contribution in [0.3, 0.4) is 0 Å². The molecule has 1 aromatic heterocycles. The van der Waals surface area contributed by atoms with Gasteiger partial charge in [-0.25, -0.2) is 0 Å². The Hall–Kier alpha value is -0.820. The molecule has 0 atom stereocenters. The monoisotopic (exact) mass is 352 g/mol. The summed E-state index contributed by atoms with van der Waals surface area (Å²) in [5.74, 6) is 0.0783. The van der Waals surface area contributed by atoms with Crippen LogP contribution in [0.4, 0.5) is 0 Å². The average Bonchev–Trinajstić information content (AvgIpc) is 2.98. The fraction of sp³-hybridized carbons (Fsp3) is 0.714. The minimum absolute atomic E-state index is 0. The highest BCUT2D eigenvalue weighted by molar-refractivity contribution is 5.85. The molecule has 1 aromatic rings. The summed E-state index contributed by atoms with van der Waals surface area (Å²) in [6.07, 6.45) is 6.14. The van der Waals surface area contributed by atoms with E-state index in [1.807, 2.05) is 12.3 Å². The van der Waals surface area contributed by atoms with Crippen LogP contribution >= 0.6 is 24.8 Å². The molecule has 0 radical (unpaired) electrons. The quantitative estimate of drug-likeness (QED) is 0.774. The van der Waals surface area contributed by atoms with Gasteiger partial charge in [0.1, 0.15) is 0 Å². The molecular weight excluding hydrogens is 327 g/mol. The van der Waals surface area contributed by atoms with Gasteiger partial charge in [0.15, 0.2) is 0 Å². The second-order valence-corrected chi connectivity index (χ2v) is 5.48. The summed E-state index contributed by atoms with van der Waals surface area (Å²) < 4.78 is 7.12. The molecule has 1 aliphatic rings. The molecule has 2 N–H and O–H groups in total. The lowest BCUT2D eigenvalue weighted by molar-refractivity contribution is -0.122. The Bertz CT molecular complexity index is 403. The molecule has 1 aliphatic heterocycles. The lowest BCUT2D eigenvalue weighted by Gasteiger charge is -2.37. The number of ether oxygens (including phenoxy) is 1. The summed E-state index contributed by atoms with van der Waals surface area (Å²) in [6, 6.07) is 1.86. The normalized spacial score (nSPS) is 16.2. The zero-order valence-electron chi connectivity index (χ0n) is 12.9. The van der Waals surface area contributed by atoms with E-state index in [1.54, 1.807) is 18.0 Å². The Morgan fingerprint density at radius 3 is 2.73 bits per heavy atom. The summed E-state index contributed by atoms with van der Waals surface area (Å²) >= 11 is 0. The molecule has 0 aromatic carbocycles. The van der Waals surface area contributed by atoms with Crippen LogP contribution < -0.4 is 10.6 Å². The Morgan fingerprint density at radius 1 is 1.41 bits per heavy atom. The number of amides is 1. The van der Waals surface area contributed by atoms with E-state index in [0.717, 1.165) is 25.9 Å². The van der Waals surface area contributed by atoms with Crippen LogP contribution in [-0.4, -0.2) is 49.0 Å². The van der Waals surface area contributed by atoms with E-state index in [-0.39, 0.29) is 36.1 Å². The Balaban J connectivity index is 0.00000220. The Morgan fingerprint density at radius 2 is 2.14 bits per heavy atom. The van der Waals surface area contributed by atoms with E-state index < -0.39 is 0 Å². The van der Waals surface area contributed by atoms with Gasteiger partial charge in [-0.1, -0.05) is 0 Å². The van der Waals surface area contributed by atoms with E-state index in [9.17, 15) is 4.79 Å². The molecule has 2 heterocycles. The smallest absolute Gasteiger partial charge is 0.221 e. The van der Waals surface area contributed by atoms with Crippen molar-refractivity contribution in [1.29, 1.82) is 0 Å². The van der Waals surface area contributed by atoms with E-state index in [0.29, 0.717) is 26.1 Å². The largest absolute Gasteiger partial charge is 0.384 e. The number of hydrogen-bond donors (Lipinski definition) is 2. The van der Waals surface area contributed by atoms with Gasteiger partial charge in [0.25, 0.3) is 0 Å². The number of hydrogen-bond acceptors (Lipinski definition) is 4. The first-order valence-corrected chi connectivity index (χ1v) is 7.18. The molecule has 0 bridgehead atoms. The highest BCUT2D eigenvalue weighted by atomic mass is 35.5. The van der Waals surface area contributed by atoms with Crippen molar-refractivity contribution in [2.45, 2.75) is 25.8 Å². The van der Waals surface area contributed by atoms with Crippen molar-refractivity contribution in [3.05, 3.63) is 18.5 Å². The van der Waals surface area contributed by atoms with E-state index in [1.165, 1.54) is 0 Å². The lowest BCUT2D eigenvalue weighted by Crippen LogP contribution is -2.47. The molecule has 1 amide bonds. The van der Waals surface area contributed by atoms with Gasteiger partial charge in [0.05, 0.1) is 6.61 Å². The summed E-state index contributed by atoms with van der Waals surface area (Å²) in [7, 11) is 1.73. The lowest BCUT2D eigenvalue weighted by atomic mass is 9.79. The third-order valence-electron chi connectivity index (χ3n) is 3.90. The van der Waals surface area contributed by atoms with Crippen LogP contribution in [0, 0.1) is 5.41 Å². The van der Waals surface area contributed by atoms with Crippen molar-refractivity contribution < 1.29 is 9.53 Å². The van der Waals surface area contributed by atoms with Crippen LogP contribution in [0.15, 0.2) is 18.5 Å². The number of halogens is 2. The zero-order chi connectivity index (χ0) is 14.3. The summed E-state index contributed by atoms with van der Waals surface area (Å²) in [5, 5.41) is 10.5. The Kier molecular flexibility index (Phi) is 10.4. The molecule has 1 fully saturated rings. The number of piperidine rings is 1. The van der Waals surface area contributed by atoms with Crippen molar-refractivity contribution in [2.75, 3.05) is 33.4 Å². The molecule has 1 saturated heterocycles. The third kappa shape index (κ3) is 6.52. The van der Waals surface area contributed by atoms with Crippen molar-refractivity contribution in [3.63, 3.8) is 0 Å². The molecule has 2 rings (SSSR count). The molecular formula is C14H26Cl2N4O2. The first-order chi connectivity index (χ1) is 9.74. The highest BCUT2D eigenvalue weighted by Crippen LogP contribution is 2.28. The van der Waals surface area contributed by atoms with Crippen molar-refractivity contribution in [2.24, 2.45) is 5.41 Å². The molecule has 0 unspecified atom stereocenters. The van der Waals surface area contributed by atoms with Gasteiger partial charge in [0, 0.05) is 44.4 Å². The number of nitrogens with one attached hydrogen (secondary N) is 2. The predicted molar refractivity (Wildman–Crippen MR) is 90.8 cm³/mol. The number of carbonyl (C=O) groups is 1. The second-order valence-electron chi connectivity index (χ2n) is 5.48. The topological polar surface area (TPSA) is 68.2 Å². The van der Waals surface area contributed by atoms with Crippen molar-refractivity contribution >= 4 is 30.7 Å². The van der Waals surface area contributed by atoms with Crippen molar-refractivity contribution in [3.8, 4) is 0 Å². The van der Waals surface area contributed by atoms with Gasteiger partial charge in [0.2, 0.25) is 5.91 Å². The van der Waals surface area contributed by atoms with E-state index >= 15 is 0 Å². The summed E-state index contributed by atoms with van der Waals surface area (Å²) in [5.41, 5.74) is 0.0847. The summed E-state index contributed by atoms with van der Waals surface area (Å²) in [4.78, 5) is 11.9. The standard InChI is InChI=1S/C14H24N4O2.2ClH/c1-20-12-14(4-7-15-8-5-14)11-16-13(19)3-10-18-9-2-6-17-18;;/h2,6,9,15H,3-5,7-8,10-12H2,1H3,(H,16,19);2*1H. The van der Waals surface area contributed by atoms with Crippen molar-refractivity contribution in [1.82, 2.24) is 20.4 Å². The number of nitrogens with zero attached hydrogens (tertiary/aromatic N) is 2. The van der Waals surface area contributed by atoms with Gasteiger partial charge in [-0.15, -0.1) is 24.8 Å². The second kappa shape index (κ2) is 10.8. The SMILES string of the molecule is COCC1(CNC(=O)CCn2cccn2)CCNCC1.Cl.Cl. The third-order valence-corrected chi connectivity index (χ3v) is 3.90. The minimum atomic E-state index is 0. The maximum Gasteiger partial charge on any atom is 0.221 e. The molecule has 8 heteroatoms. The first-order valence-electron chi connectivity index (χ1n) is 7.18. The van der Waals surface area contributed by atoms with Gasteiger partial charge >= 0.3 is 0 Å². The number of carbonyl (C=O) groups excluding carboxylic acids is 1. The fourth-order valence-corrected chi connectivity index (χ4v) is 2.66. The number of aromatic nitrogens is 2. The first kappa shape index (κ1) is 21.2. The highest BCUT2D eigenvalue weighted by Gasteiger charge is 2.32. The van der Waals surface area contributed by atoms with Crippen LogP contribution in [0.2, 0.25) is 0 Å². The molecule has 0 spiro atoms. The fourth-order valence-electron chi connectivity index (χ4n) is 2.66. The molecule has 0 aliphatic carbocycles. The predicted octanol–water partition coefficient (Wildman–Crippen LogP) is 1.25. The van der Waals surface area contributed by atoms with Gasteiger partial charge in [-0.3, -0.25) is 9.48 Å². The van der Waals surface area contributed by atoms with Gasteiger partial charge < -0.3 is 15.4 Å². The van der Waals surface area contributed by atoms with E-state index in [2.05, 4.69) is 15.7 Å². The zero-order valence-corrected chi connectivity index (χ0v) is 14.5. The van der Waals surface area contributed by atoms with Gasteiger partial charge in [-0.2, -0.15) is 5.10 Å². The number of aryl methyl sites for hydroxylation is 1. The number of rotatable bonds is 7. The van der Waals surface area contributed by atoms with Gasteiger partial charge in [-0.05, 0) is 32.0 Å². The number of methoxy groups -OCH3 is 1. The minimum Gasteiger partial charge on any atom is -0.384 e. The maximum absolute atomic E-state index is 11.9. The van der Waals surface area contributed by atoms with Crippen LogP contribution in [0.25, 0.3) is 0 Å². The maximum atomic E-state index is 11.9. The molecule has 0 saturated carbocycles. The van der Waals surface area contributed by atoms with E-state index in [4.69, 9.17) is 4.74 Å². The van der Waals surface area contributed by atoms with Crippen LogP contribution in [-0.2, 0) is 16.1 Å². The molecule has 128 valence electrons. The van der Waals surface area contributed by atoms with Crippen LogP contribution in [0.1, 0.15) is 19.3 Å². The summed E-state index contributed by atoms with van der Waals surface area (Å²) in [6.45, 7) is 4.01.